The molecular weight excluding hydrogens is 399 g/mol. The average molecular weight is 412 g/mol. The van der Waals surface area contributed by atoms with E-state index in [1.165, 1.54) is 11.9 Å². The van der Waals surface area contributed by atoms with Gasteiger partial charge in [-0.15, -0.1) is 0 Å². The third kappa shape index (κ3) is 3.44. The van der Waals surface area contributed by atoms with Crippen molar-refractivity contribution in [2.24, 2.45) is 5.10 Å². The molecule has 3 nitrogen and oxygen atoms in total. The van der Waals surface area contributed by atoms with Crippen LogP contribution in [0.15, 0.2) is 52.0 Å². The molecule has 1 heterocycles. The van der Waals surface area contributed by atoms with Gasteiger partial charge in [-0.1, -0.05) is 57.3 Å². The van der Waals surface area contributed by atoms with Gasteiger partial charge in [-0.2, -0.15) is 5.10 Å². The lowest BCUT2D eigenvalue weighted by Crippen LogP contribution is -2.24. The van der Waals surface area contributed by atoms with Crippen molar-refractivity contribution in [2.75, 3.05) is 0 Å². The molecule has 118 valence electrons. The van der Waals surface area contributed by atoms with Crippen LogP contribution in [0, 0.1) is 0 Å². The molecule has 0 saturated carbocycles. The first-order chi connectivity index (χ1) is 11.0. The Labute approximate surface area is 153 Å². The van der Waals surface area contributed by atoms with Crippen LogP contribution in [0.3, 0.4) is 0 Å². The smallest absolute Gasteiger partial charge is 0.240 e. The molecule has 0 saturated heterocycles. The zero-order chi connectivity index (χ0) is 16.6. The lowest BCUT2D eigenvalue weighted by Gasteiger charge is -2.21. The topological polar surface area (TPSA) is 32.7 Å². The molecule has 0 aromatic heterocycles. The number of carbonyl (C=O) groups is 1. The Morgan fingerprint density at radius 2 is 1.91 bits per heavy atom. The Morgan fingerprint density at radius 1 is 1.22 bits per heavy atom. The van der Waals surface area contributed by atoms with E-state index in [4.69, 9.17) is 23.2 Å². The molecule has 2 aromatic carbocycles. The van der Waals surface area contributed by atoms with Crippen LogP contribution in [-0.4, -0.2) is 16.6 Å². The number of rotatable bonds is 2. The molecule has 1 atom stereocenters. The predicted molar refractivity (Wildman–Crippen MR) is 97.0 cm³/mol. The summed E-state index contributed by atoms with van der Waals surface area (Å²) < 4.78 is 1.00. The summed E-state index contributed by atoms with van der Waals surface area (Å²) in [6, 6.07) is 13.0. The van der Waals surface area contributed by atoms with Crippen molar-refractivity contribution in [3.8, 4) is 0 Å². The monoisotopic (exact) mass is 410 g/mol. The Hall–Kier alpha value is -1.36. The molecule has 0 spiro atoms. The molecule has 1 aliphatic heterocycles. The molecule has 0 radical (unpaired) electrons. The molecule has 0 aliphatic carbocycles. The first-order valence-electron chi connectivity index (χ1n) is 7.04. The number of hydrazone groups is 1. The summed E-state index contributed by atoms with van der Waals surface area (Å²) in [6.07, 6.45) is 0.614. The highest BCUT2D eigenvalue weighted by Gasteiger charge is 2.32. The van der Waals surface area contributed by atoms with Gasteiger partial charge in [0.1, 0.15) is 0 Å². The second-order valence-electron chi connectivity index (χ2n) is 5.30. The minimum atomic E-state index is -0.212. The summed E-state index contributed by atoms with van der Waals surface area (Å²) >= 11 is 15.7. The van der Waals surface area contributed by atoms with E-state index in [9.17, 15) is 4.79 Å². The van der Waals surface area contributed by atoms with Gasteiger partial charge in [0.15, 0.2) is 0 Å². The molecule has 0 fully saturated rings. The third-order valence-electron chi connectivity index (χ3n) is 3.73. The molecular formula is C17H13BrCl2N2O. The summed E-state index contributed by atoms with van der Waals surface area (Å²) in [4.78, 5) is 12.0. The third-order valence-corrected chi connectivity index (χ3v) is 4.82. The maximum absolute atomic E-state index is 12.0. The second kappa shape index (κ2) is 6.63. The van der Waals surface area contributed by atoms with Crippen LogP contribution in [0.2, 0.25) is 10.0 Å². The molecule has 1 aliphatic rings. The first kappa shape index (κ1) is 16.5. The number of carbonyl (C=O) groups excluding carboxylic acids is 1. The van der Waals surface area contributed by atoms with Gasteiger partial charge in [-0.05, 0) is 35.4 Å². The van der Waals surface area contributed by atoms with E-state index in [2.05, 4.69) is 21.0 Å². The van der Waals surface area contributed by atoms with Gasteiger partial charge >= 0.3 is 0 Å². The average Bonchev–Trinajstić information content (AvgIpc) is 2.93. The normalized spacial score (nSPS) is 17.3. The Bertz CT molecular complexity index is 790. The summed E-state index contributed by atoms with van der Waals surface area (Å²) in [5.74, 6) is -0.117. The van der Waals surface area contributed by atoms with Crippen molar-refractivity contribution in [3.05, 3.63) is 68.1 Å². The SMILES string of the molecule is CC(=O)N1N=C(c2ccc(Br)cc2)C[C@H]1c1ccc(Cl)cc1Cl. The van der Waals surface area contributed by atoms with Gasteiger partial charge in [0.2, 0.25) is 5.91 Å². The number of benzene rings is 2. The largest absolute Gasteiger partial charge is 0.273 e. The summed E-state index contributed by atoms with van der Waals surface area (Å²) in [7, 11) is 0. The molecule has 0 N–H and O–H groups in total. The maximum Gasteiger partial charge on any atom is 0.240 e. The Morgan fingerprint density at radius 3 is 2.52 bits per heavy atom. The molecule has 0 bridgehead atoms. The van der Waals surface area contributed by atoms with Gasteiger partial charge in [-0.25, -0.2) is 5.01 Å². The standard InChI is InChI=1S/C17H13BrCl2N2O/c1-10(23)22-17(14-7-6-13(19)8-15(14)20)9-16(21-22)11-2-4-12(18)5-3-11/h2-8,17H,9H2,1H3/t17-/m0/s1. The van der Waals surface area contributed by atoms with Crippen LogP contribution in [0.25, 0.3) is 0 Å². The Kier molecular flexibility index (Phi) is 4.76. The van der Waals surface area contributed by atoms with Gasteiger partial charge in [0.05, 0.1) is 11.8 Å². The van der Waals surface area contributed by atoms with Crippen molar-refractivity contribution in [2.45, 2.75) is 19.4 Å². The lowest BCUT2D eigenvalue weighted by atomic mass is 9.98. The van der Waals surface area contributed by atoms with Crippen LogP contribution >= 0.6 is 39.1 Å². The van der Waals surface area contributed by atoms with E-state index in [1.807, 2.05) is 30.3 Å². The van der Waals surface area contributed by atoms with Crippen molar-refractivity contribution < 1.29 is 4.79 Å². The fourth-order valence-corrected chi connectivity index (χ4v) is 3.43. The van der Waals surface area contributed by atoms with Crippen molar-refractivity contribution in [3.63, 3.8) is 0 Å². The minimum absolute atomic E-state index is 0.117. The molecule has 23 heavy (non-hydrogen) atoms. The van der Waals surface area contributed by atoms with Gasteiger partial charge < -0.3 is 0 Å². The van der Waals surface area contributed by atoms with E-state index >= 15 is 0 Å². The predicted octanol–water partition coefficient (Wildman–Crippen LogP) is 5.45. The van der Waals surface area contributed by atoms with Crippen molar-refractivity contribution in [1.29, 1.82) is 0 Å². The zero-order valence-corrected chi connectivity index (χ0v) is 15.4. The molecule has 0 unspecified atom stereocenters. The van der Waals surface area contributed by atoms with E-state index < -0.39 is 0 Å². The number of amides is 1. The fourth-order valence-electron chi connectivity index (χ4n) is 2.63. The number of nitrogens with zero attached hydrogens (tertiary/aromatic N) is 2. The second-order valence-corrected chi connectivity index (χ2v) is 7.06. The highest BCUT2D eigenvalue weighted by atomic mass is 79.9. The number of hydrogen-bond donors (Lipinski definition) is 0. The van der Waals surface area contributed by atoms with E-state index in [-0.39, 0.29) is 11.9 Å². The quantitative estimate of drug-likeness (QED) is 0.646. The van der Waals surface area contributed by atoms with E-state index in [0.29, 0.717) is 16.5 Å². The zero-order valence-electron chi connectivity index (χ0n) is 12.3. The molecule has 1 amide bonds. The number of hydrogen-bond acceptors (Lipinski definition) is 2. The van der Waals surface area contributed by atoms with E-state index in [1.54, 1.807) is 12.1 Å². The maximum atomic E-state index is 12.0. The fraction of sp³-hybridized carbons (Fsp3) is 0.176. The van der Waals surface area contributed by atoms with Gasteiger partial charge in [0, 0.05) is 27.9 Å². The number of halogens is 3. The highest BCUT2D eigenvalue weighted by Crippen LogP contribution is 2.37. The summed E-state index contributed by atoms with van der Waals surface area (Å²) in [5.41, 5.74) is 2.71. The minimum Gasteiger partial charge on any atom is -0.273 e. The summed E-state index contributed by atoms with van der Waals surface area (Å²) in [5, 5.41) is 7.11. The van der Waals surface area contributed by atoms with Crippen LogP contribution < -0.4 is 0 Å². The summed E-state index contributed by atoms with van der Waals surface area (Å²) in [6.45, 7) is 1.50. The van der Waals surface area contributed by atoms with Gasteiger partial charge in [-0.3, -0.25) is 4.79 Å². The van der Waals surface area contributed by atoms with Crippen LogP contribution in [0.5, 0.6) is 0 Å². The van der Waals surface area contributed by atoms with Crippen LogP contribution in [0.4, 0.5) is 0 Å². The first-order valence-corrected chi connectivity index (χ1v) is 8.59. The van der Waals surface area contributed by atoms with E-state index in [0.717, 1.165) is 21.3 Å². The van der Waals surface area contributed by atoms with Crippen LogP contribution in [-0.2, 0) is 4.79 Å². The Balaban J connectivity index is 1.97. The lowest BCUT2D eigenvalue weighted by molar-refractivity contribution is -0.130. The molecule has 6 heteroatoms. The van der Waals surface area contributed by atoms with Crippen molar-refractivity contribution >= 4 is 50.8 Å². The highest BCUT2D eigenvalue weighted by molar-refractivity contribution is 9.10. The van der Waals surface area contributed by atoms with Crippen LogP contribution in [0.1, 0.15) is 30.5 Å². The molecule has 3 rings (SSSR count). The van der Waals surface area contributed by atoms with Gasteiger partial charge in [0.25, 0.3) is 0 Å². The van der Waals surface area contributed by atoms with Crippen molar-refractivity contribution in [1.82, 2.24) is 5.01 Å². The molecule has 2 aromatic rings.